The molecule has 4 rings (SSSR count). The highest BCUT2D eigenvalue weighted by Gasteiger charge is 2.33. The molecule has 1 aliphatic rings. The van der Waals surface area contributed by atoms with Crippen molar-refractivity contribution in [2.45, 2.75) is 40.0 Å². The lowest BCUT2D eigenvalue weighted by atomic mass is 9.72. The van der Waals surface area contributed by atoms with Crippen molar-refractivity contribution in [2.75, 3.05) is 5.32 Å². The van der Waals surface area contributed by atoms with Gasteiger partial charge in [0.05, 0.1) is 5.56 Å². The molecule has 0 fully saturated rings. The highest BCUT2D eigenvalue weighted by molar-refractivity contribution is 7.16. The van der Waals surface area contributed by atoms with Gasteiger partial charge in [0.1, 0.15) is 5.00 Å². The number of carbonyl (C=O) groups is 1. The summed E-state index contributed by atoms with van der Waals surface area (Å²) in [5, 5.41) is 4.42. The Labute approximate surface area is 192 Å². The van der Waals surface area contributed by atoms with Gasteiger partial charge in [0.25, 0.3) is 5.91 Å². The zero-order chi connectivity index (χ0) is 22.0. The molecule has 2 aromatic heterocycles. The summed E-state index contributed by atoms with van der Waals surface area (Å²) in [6.07, 6.45) is 8.26. The fraction of sp³-hybridized carbons (Fsp3) is 0.320. The maximum Gasteiger partial charge on any atom is 0.259 e. The Morgan fingerprint density at radius 2 is 2.03 bits per heavy atom. The lowest BCUT2D eigenvalue weighted by Gasteiger charge is -2.33. The van der Waals surface area contributed by atoms with E-state index in [9.17, 15) is 4.79 Å². The molecule has 0 saturated heterocycles. The van der Waals surface area contributed by atoms with Gasteiger partial charge in [-0.1, -0.05) is 38.4 Å². The van der Waals surface area contributed by atoms with Gasteiger partial charge in [-0.25, -0.2) is 4.99 Å². The first-order valence-electron chi connectivity index (χ1n) is 10.5. The minimum absolute atomic E-state index is 0.118. The van der Waals surface area contributed by atoms with Crippen LogP contribution in [0.1, 0.15) is 53.6 Å². The molecule has 0 unspecified atom stereocenters. The van der Waals surface area contributed by atoms with Crippen LogP contribution in [-0.2, 0) is 12.8 Å². The van der Waals surface area contributed by atoms with Crippen LogP contribution >= 0.6 is 22.9 Å². The molecule has 0 bridgehead atoms. The van der Waals surface area contributed by atoms with Gasteiger partial charge in [0.15, 0.2) is 0 Å². The van der Waals surface area contributed by atoms with Crippen molar-refractivity contribution >= 4 is 45.7 Å². The molecule has 4 nitrogen and oxygen atoms in total. The van der Waals surface area contributed by atoms with Crippen molar-refractivity contribution < 1.29 is 4.79 Å². The van der Waals surface area contributed by atoms with E-state index >= 15 is 0 Å². The topological polar surface area (TPSA) is 54.4 Å². The number of hydrogen-bond donors (Lipinski definition) is 1. The van der Waals surface area contributed by atoms with Gasteiger partial charge in [-0.2, -0.15) is 0 Å². The Morgan fingerprint density at radius 1 is 1.26 bits per heavy atom. The summed E-state index contributed by atoms with van der Waals surface area (Å²) in [6.45, 7) is 6.89. The van der Waals surface area contributed by atoms with Crippen LogP contribution in [0.3, 0.4) is 0 Å². The van der Waals surface area contributed by atoms with Gasteiger partial charge in [0, 0.05) is 39.8 Å². The van der Waals surface area contributed by atoms with Gasteiger partial charge >= 0.3 is 0 Å². The number of aromatic nitrogens is 1. The molecule has 6 heteroatoms. The van der Waals surface area contributed by atoms with Crippen LogP contribution in [-0.4, -0.2) is 17.1 Å². The van der Waals surface area contributed by atoms with Crippen LogP contribution in [0, 0.1) is 11.3 Å². The number of fused-ring (bicyclic) bond motifs is 1. The number of carbonyl (C=O) groups excluding carboxylic acids is 1. The largest absolute Gasteiger partial charge is 0.322 e. The van der Waals surface area contributed by atoms with E-state index in [-0.39, 0.29) is 11.3 Å². The molecule has 2 heterocycles. The molecular weight excluding hydrogens is 426 g/mol. The molecule has 3 aromatic rings. The normalized spacial score (nSPS) is 16.3. The smallest absolute Gasteiger partial charge is 0.259 e. The molecule has 160 valence electrons. The number of pyridine rings is 1. The number of thiophene rings is 1. The third-order valence-electron chi connectivity index (χ3n) is 5.82. The van der Waals surface area contributed by atoms with Crippen LogP contribution in [0.4, 0.5) is 10.7 Å². The molecule has 0 radical (unpaired) electrons. The third-order valence-corrected chi connectivity index (χ3v) is 7.23. The molecule has 0 aliphatic heterocycles. The molecule has 1 atom stereocenters. The lowest BCUT2D eigenvalue weighted by Crippen LogP contribution is -2.27. The highest BCUT2D eigenvalue weighted by Crippen LogP contribution is 2.45. The highest BCUT2D eigenvalue weighted by atomic mass is 35.5. The molecule has 1 amide bonds. The van der Waals surface area contributed by atoms with E-state index in [1.807, 2.05) is 24.3 Å². The van der Waals surface area contributed by atoms with E-state index in [4.69, 9.17) is 16.6 Å². The number of hydrogen-bond acceptors (Lipinski definition) is 4. The number of nitrogens with zero attached hydrogens (tertiary/aromatic N) is 2. The van der Waals surface area contributed by atoms with E-state index in [1.165, 1.54) is 4.88 Å². The predicted molar refractivity (Wildman–Crippen MR) is 130 cm³/mol. The van der Waals surface area contributed by atoms with Gasteiger partial charge in [-0.15, -0.1) is 11.3 Å². The van der Waals surface area contributed by atoms with Gasteiger partial charge in [-0.05, 0) is 66.5 Å². The van der Waals surface area contributed by atoms with Crippen LogP contribution in [0.5, 0.6) is 0 Å². The number of halogens is 1. The summed E-state index contributed by atoms with van der Waals surface area (Å²) in [6, 6.07) is 11.0. The first-order valence-corrected chi connectivity index (χ1v) is 11.7. The lowest BCUT2D eigenvalue weighted by molar-refractivity contribution is 0.102. The monoisotopic (exact) mass is 451 g/mol. The van der Waals surface area contributed by atoms with Crippen molar-refractivity contribution in [1.29, 1.82) is 0 Å². The standard InChI is InChI=1S/C25H26ClN3OS/c1-25(2,3)17-6-11-20-21(13-17)31-24(28-15-16-5-4-12-27-14-16)22(20)23(30)29-19-9-7-18(26)8-10-19/h4-5,7-10,12,14-15,17H,6,11,13H2,1-3H3,(H,29,30)/t17-/m1/s1. The average molecular weight is 452 g/mol. The number of amides is 1. The second-order valence-electron chi connectivity index (χ2n) is 9.00. The van der Waals surface area contributed by atoms with E-state index in [0.717, 1.165) is 41.1 Å². The van der Waals surface area contributed by atoms with Crippen molar-refractivity contribution in [3.63, 3.8) is 0 Å². The SMILES string of the molecule is CC(C)(C)[C@@H]1CCc2c(sc(N=Cc3cccnc3)c2C(=O)Nc2ccc(Cl)cc2)C1. The zero-order valence-electron chi connectivity index (χ0n) is 18.0. The minimum atomic E-state index is -0.118. The maximum atomic E-state index is 13.3. The van der Waals surface area contributed by atoms with Crippen LogP contribution < -0.4 is 5.32 Å². The summed E-state index contributed by atoms with van der Waals surface area (Å²) in [5.41, 5.74) is 3.72. The number of aliphatic imine (C=N–C) groups is 1. The molecule has 1 N–H and O–H groups in total. The van der Waals surface area contributed by atoms with Gasteiger partial charge in [0.2, 0.25) is 0 Å². The zero-order valence-corrected chi connectivity index (χ0v) is 19.6. The van der Waals surface area contributed by atoms with E-state index < -0.39 is 0 Å². The van der Waals surface area contributed by atoms with E-state index in [0.29, 0.717) is 16.5 Å². The Hall–Kier alpha value is -2.50. The summed E-state index contributed by atoms with van der Waals surface area (Å²) < 4.78 is 0. The van der Waals surface area contributed by atoms with Gasteiger partial charge in [-0.3, -0.25) is 9.78 Å². The van der Waals surface area contributed by atoms with Crippen molar-refractivity contribution in [2.24, 2.45) is 16.3 Å². The first kappa shape index (κ1) is 21.7. The van der Waals surface area contributed by atoms with Crippen LogP contribution in [0.2, 0.25) is 5.02 Å². The Bertz CT molecular complexity index is 1100. The van der Waals surface area contributed by atoms with E-state index in [1.54, 1.807) is 42.1 Å². The summed E-state index contributed by atoms with van der Waals surface area (Å²) in [5.74, 6) is 0.480. The second kappa shape index (κ2) is 8.93. The quantitative estimate of drug-likeness (QED) is 0.436. The Morgan fingerprint density at radius 3 is 2.71 bits per heavy atom. The first-order chi connectivity index (χ1) is 14.8. The Balaban J connectivity index is 1.69. The predicted octanol–water partition coefficient (Wildman–Crippen LogP) is 6.95. The molecule has 0 spiro atoms. The molecule has 31 heavy (non-hydrogen) atoms. The van der Waals surface area contributed by atoms with Gasteiger partial charge < -0.3 is 5.32 Å². The average Bonchev–Trinajstić information content (AvgIpc) is 3.12. The number of benzene rings is 1. The third kappa shape index (κ3) is 5.05. The molecule has 0 saturated carbocycles. The fourth-order valence-corrected chi connectivity index (χ4v) is 5.34. The Kier molecular flexibility index (Phi) is 6.26. The molecule has 1 aromatic carbocycles. The summed E-state index contributed by atoms with van der Waals surface area (Å²) in [7, 11) is 0. The van der Waals surface area contributed by atoms with Crippen molar-refractivity contribution in [3.8, 4) is 0 Å². The van der Waals surface area contributed by atoms with E-state index in [2.05, 4.69) is 31.1 Å². The van der Waals surface area contributed by atoms with Crippen LogP contribution in [0.15, 0.2) is 53.8 Å². The number of nitrogens with one attached hydrogen (secondary N) is 1. The fourth-order valence-electron chi connectivity index (χ4n) is 3.95. The number of rotatable bonds is 4. The minimum Gasteiger partial charge on any atom is -0.322 e. The molecule has 1 aliphatic carbocycles. The molecular formula is C25H26ClN3OS. The number of anilines is 1. The summed E-state index contributed by atoms with van der Waals surface area (Å²) >= 11 is 7.62. The second-order valence-corrected chi connectivity index (χ2v) is 10.5. The van der Waals surface area contributed by atoms with Crippen molar-refractivity contribution in [3.05, 3.63) is 75.4 Å². The summed E-state index contributed by atoms with van der Waals surface area (Å²) in [4.78, 5) is 23.5. The van der Waals surface area contributed by atoms with Crippen molar-refractivity contribution in [1.82, 2.24) is 4.98 Å². The van der Waals surface area contributed by atoms with Crippen LogP contribution in [0.25, 0.3) is 0 Å². The maximum absolute atomic E-state index is 13.3.